The monoisotopic (exact) mass is 236 g/mol. The van der Waals surface area contributed by atoms with Crippen LogP contribution in [0.3, 0.4) is 0 Å². The van der Waals surface area contributed by atoms with E-state index in [2.05, 4.69) is 5.32 Å². The lowest BCUT2D eigenvalue weighted by Gasteiger charge is -2.16. The Hall–Kier alpha value is -1.13. The Balaban J connectivity index is 2.15. The second-order valence-corrected chi connectivity index (χ2v) is 4.57. The molecule has 1 aliphatic carbocycles. The summed E-state index contributed by atoms with van der Waals surface area (Å²) in [4.78, 5) is 11.8. The molecule has 0 fully saturated rings. The number of hydrogen-bond donors (Lipinski definition) is 2. The number of rotatable bonds is 5. The minimum Gasteiger partial charge on any atom is -0.390 e. The molecule has 0 aliphatic heterocycles. The maximum Gasteiger partial charge on any atom is 0.250 e. The first-order valence-corrected chi connectivity index (χ1v) is 6.32. The highest BCUT2D eigenvalue weighted by Crippen LogP contribution is 2.19. The zero-order valence-electron chi connectivity index (χ0n) is 10.3. The van der Waals surface area contributed by atoms with Crippen molar-refractivity contribution in [3.05, 3.63) is 33.7 Å². The molecule has 1 unspecified atom stereocenters. The van der Waals surface area contributed by atoms with Gasteiger partial charge in [-0.2, -0.15) is 0 Å². The number of aryl methyl sites for hydroxylation is 1. The van der Waals surface area contributed by atoms with Crippen LogP contribution in [-0.4, -0.2) is 28.9 Å². The van der Waals surface area contributed by atoms with Gasteiger partial charge in [0.1, 0.15) is 0 Å². The van der Waals surface area contributed by atoms with Gasteiger partial charge in [-0.15, -0.1) is 0 Å². The molecule has 2 N–H and O–H groups in total. The summed E-state index contributed by atoms with van der Waals surface area (Å²) in [6, 6.07) is 3.54. The molecule has 4 heteroatoms. The van der Waals surface area contributed by atoms with Crippen molar-refractivity contribution in [1.29, 1.82) is 0 Å². The Morgan fingerprint density at radius 2 is 2.29 bits per heavy atom. The average Bonchev–Trinajstić information content (AvgIpc) is 2.78. The van der Waals surface area contributed by atoms with Crippen LogP contribution in [0.25, 0.3) is 0 Å². The summed E-state index contributed by atoms with van der Waals surface area (Å²) in [5, 5.41) is 13.0. The van der Waals surface area contributed by atoms with Crippen molar-refractivity contribution in [3.8, 4) is 0 Å². The number of aliphatic hydroxyl groups excluding tert-OH is 1. The molecule has 1 aromatic rings. The minimum absolute atomic E-state index is 0.00111. The Labute approximate surface area is 101 Å². The normalized spacial score (nSPS) is 15.9. The molecule has 0 aromatic carbocycles. The molecular formula is C13H20N2O2. The van der Waals surface area contributed by atoms with Crippen LogP contribution in [-0.2, 0) is 19.4 Å². The number of aromatic nitrogens is 1. The summed E-state index contributed by atoms with van der Waals surface area (Å²) in [6.45, 7) is 3.76. The number of hydrogen-bond acceptors (Lipinski definition) is 3. The number of likely N-dealkylation sites (N-methyl/N-ethyl adjacent to an activating group) is 1. The predicted molar refractivity (Wildman–Crippen MR) is 67.3 cm³/mol. The van der Waals surface area contributed by atoms with Crippen molar-refractivity contribution >= 4 is 0 Å². The van der Waals surface area contributed by atoms with Crippen LogP contribution in [0.2, 0.25) is 0 Å². The Morgan fingerprint density at radius 3 is 3.06 bits per heavy atom. The van der Waals surface area contributed by atoms with Crippen molar-refractivity contribution in [3.63, 3.8) is 0 Å². The number of fused-ring (bicyclic) bond motifs is 1. The molecule has 0 radical (unpaired) electrons. The van der Waals surface area contributed by atoms with Gasteiger partial charge in [-0.1, -0.05) is 13.0 Å². The van der Waals surface area contributed by atoms with E-state index in [0.29, 0.717) is 13.1 Å². The van der Waals surface area contributed by atoms with Crippen LogP contribution >= 0.6 is 0 Å². The summed E-state index contributed by atoms with van der Waals surface area (Å²) < 4.78 is 1.74. The Kier molecular flexibility index (Phi) is 3.97. The molecule has 1 heterocycles. The predicted octanol–water partition coefficient (Wildman–Crippen LogP) is 0.307. The summed E-state index contributed by atoms with van der Waals surface area (Å²) in [5.74, 6) is 0. The summed E-state index contributed by atoms with van der Waals surface area (Å²) in [5.41, 5.74) is 2.38. The van der Waals surface area contributed by atoms with E-state index in [-0.39, 0.29) is 5.56 Å². The van der Waals surface area contributed by atoms with Crippen molar-refractivity contribution in [2.75, 3.05) is 13.1 Å². The highest BCUT2D eigenvalue weighted by Gasteiger charge is 2.17. The van der Waals surface area contributed by atoms with Crippen LogP contribution in [0.15, 0.2) is 16.9 Å². The second-order valence-electron chi connectivity index (χ2n) is 4.57. The van der Waals surface area contributed by atoms with Crippen molar-refractivity contribution in [2.45, 2.75) is 38.8 Å². The highest BCUT2D eigenvalue weighted by atomic mass is 16.3. The summed E-state index contributed by atoms with van der Waals surface area (Å²) in [7, 11) is 0. The standard InChI is InChI=1S/C13H20N2O2/c1-2-14-8-11(16)9-15-12-5-3-4-10(12)6-7-13(15)17/h6-7,11,14,16H,2-5,8-9H2,1H3. The fourth-order valence-corrected chi connectivity index (χ4v) is 2.42. The molecule has 0 saturated heterocycles. The number of aliphatic hydroxyl groups is 1. The van der Waals surface area contributed by atoms with E-state index in [0.717, 1.165) is 31.5 Å². The van der Waals surface area contributed by atoms with Gasteiger partial charge in [-0.3, -0.25) is 4.79 Å². The van der Waals surface area contributed by atoms with Gasteiger partial charge in [0.15, 0.2) is 0 Å². The number of nitrogens with zero attached hydrogens (tertiary/aromatic N) is 1. The molecule has 4 nitrogen and oxygen atoms in total. The number of pyridine rings is 1. The fraction of sp³-hybridized carbons (Fsp3) is 0.615. The third-order valence-corrected chi connectivity index (χ3v) is 3.27. The van der Waals surface area contributed by atoms with E-state index in [4.69, 9.17) is 0 Å². The quantitative estimate of drug-likeness (QED) is 0.773. The summed E-state index contributed by atoms with van der Waals surface area (Å²) >= 11 is 0. The van der Waals surface area contributed by atoms with E-state index in [1.54, 1.807) is 10.6 Å². The second kappa shape index (κ2) is 5.47. The molecule has 2 rings (SSSR count). The molecule has 1 atom stereocenters. The van der Waals surface area contributed by atoms with Crippen LogP contribution in [0.5, 0.6) is 0 Å². The minimum atomic E-state index is -0.500. The van der Waals surface area contributed by atoms with Gasteiger partial charge < -0.3 is 15.0 Å². The lowest BCUT2D eigenvalue weighted by atomic mass is 10.2. The van der Waals surface area contributed by atoms with Crippen LogP contribution in [0.1, 0.15) is 24.6 Å². The van der Waals surface area contributed by atoms with E-state index >= 15 is 0 Å². The van der Waals surface area contributed by atoms with Gasteiger partial charge in [0.2, 0.25) is 0 Å². The van der Waals surface area contributed by atoms with Crippen molar-refractivity contribution in [2.24, 2.45) is 0 Å². The first kappa shape index (κ1) is 12.3. The van der Waals surface area contributed by atoms with Gasteiger partial charge in [-0.25, -0.2) is 0 Å². The van der Waals surface area contributed by atoms with Crippen LogP contribution < -0.4 is 10.9 Å². The smallest absolute Gasteiger partial charge is 0.250 e. The largest absolute Gasteiger partial charge is 0.390 e. The molecule has 0 bridgehead atoms. The SMILES string of the molecule is CCNCC(O)Cn1c2c(ccc1=O)CCC2. The molecule has 0 saturated carbocycles. The first-order chi connectivity index (χ1) is 8.22. The van der Waals surface area contributed by atoms with Gasteiger partial charge in [-0.05, 0) is 31.4 Å². The van der Waals surface area contributed by atoms with E-state index in [1.807, 2.05) is 13.0 Å². The van der Waals surface area contributed by atoms with E-state index in [9.17, 15) is 9.90 Å². The van der Waals surface area contributed by atoms with Gasteiger partial charge in [0.25, 0.3) is 5.56 Å². The molecule has 0 amide bonds. The molecule has 1 aromatic heterocycles. The highest BCUT2D eigenvalue weighted by molar-refractivity contribution is 5.25. The Bertz CT molecular complexity index is 440. The third kappa shape index (κ3) is 2.76. The molecule has 17 heavy (non-hydrogen) atoms. The first-order valence-electron chi connectivity index (χ1n) is 6.32. The van der Waals surface area contributed by atoms with Crippen molar-refractivity contribution in [1.82, 2.24) is 9.88 Å². The van der Waals surface area contributed by atoms with E-state index < -0.39 is 6.10 Å². The lowest BCUT2D eigenvalue weighted by Crippen LogP contribution is -2.34. The Morgan fingerprint density at radius 1 is 1.47 bits per heavy atom. The molecular weight excluding hydrogens is 216 g/mol. The lowest BCUT2D eigenvalue weighted by molar-refractivity contribution is 0.150. The number of nitrogens with one attached hydrogen (secondary N) is 1. The van der Waals surface area contributed by atoms with Gasteiger partial charge >= 0.3 is 0 Å². The molecule has 0 spiro atoms. The molecule has 94 valence electrons. The van der Waals surface area contributed by atoms with Crippen LogP contribution in [0.4, 0.5) is 0 Å². The van der Waals surface area contributed by atoms with Crippen LogP contribution in [0, 0.1) is 0 Å². The van der Waals surface area contributed by atoms with Crippen molar-refractivity contribution < 1.29 is 5.11 Å². The zero-order chi connectivity index (χ0) is 12.3. The third-order valence-electron chi connectivity index (χ3n) is 3.27. The summed E-state index contributed by atoms with van der Waals surface area (Å²) in [6.07, 6.45) is 2.63. The fourth-order valence-electron chi connectivity index (χ4n) is 2.42. The zero-order valence-corrected chi connectivity index (χ0v) is 10.3. The van der Waals surface area contributed by atoms with Gasteiger partial charge in [0.05, 0.1) is 12.6 Å². The topological polar surface area (TPSA) is 54.3 Å². The average molecular weight is 236 g/mol. The van der Waals surface area contributed by atoms with E-state index in [1.165, 1.54) is 5.56 Å². The maximum atomic E-state index is 11.8. The van der Waals surface area contributed by atoms with Gasteiger partial charge in [0, 0.05) is 18.3 Å². The molecule has 1 aliphatic rings. The maximum absolute atomic E-state index is 11.8.